The Hall–Kier alpha value is -1.89. The molecule has 25 heavy (non-hydrogen) atoms. The van der Waals surface area contributed by atoms with Gasteiger partial charge in [-0.05, 0) is 32.6 Å². The Balaban J connectivity index is 1.86. The lowest BCUT2D eigenvalue weighted by Crippen LogP contribution is -2.46. The van der Waals surface area contributed by atoms with Gasteiger partial charge in [-0.1, -0.05) is 19.3 Å². The normalized spacial score (nSPS) is 21.4. The Morgan fingerprint density at radius 2 is 2.00 bits per heavy atom. The third kappa shape index (κ3) is 3.86. The molecule has 138 valence electrons. The molecule has 7 nitrogen and oxygen atoms in total. The molecule has 2 heterocycles. The molecule has 7 heteroatoms. The molecule has 0 spiro atoms. The van der Waals surface area contributed by atoms with Crippen LogP contribution < -0.4 is 11.2 Å². The van der Waals surface area contributed by atoms with Crippen LogP contribution in [0.1, 0.15) is 62.2 Å². The van der Waals surface area contributed by atoms with E-state index in [0.717, 1.165) is 43.1 Å². The zero-order chi connectivity index (χ0) is 17.8. The fourth-order valence-electron chi connectivity index (χ4n) is 3.94. The van der Waals surface area contributed by atoms with Crippen molar-refractivity contribution in [3.05, 3.63) is 32.6 Å². The van der Waals surface area contributed by atoms with E-state index < -0.39 is 11.2 Å². The summed E-state index contributed by atoms with van der Waals surface area (Å²) in [5.41, 5.74) is -0.957. The first kappa shape index (κ1) is 17.9. The first-order chi connectivity index (χ1) is 12.1. The maximum atomic E-state index is 13.0. The number of carbonyl (C=O) groups is 1. The second-order valence-electron chi connectivity index (χ2n) is 6.94. The van der Waals surface area contributed by atoms with Crippen molar-refractivity contribution in [2.75, 3.05) is 13.2 Å². The van der Waals surface area contributed by atoms with Crippen LogP contribution in [0.3, 0.4) is 0 Å². The average molecular weight is 349 g/mol. The van der Waals surface area contributed by atoms with Crippen LogP contribution in [-0.4, -0.2) is 45.7 Å². The van der Waals surface area contributed by atoms with E-state index in [1.54, 1.807) is 4.90 Å². The van der Waals surface area contributed by atoms with E-state index in [1.807, 2.05) is 6.92 Å². The van der Waals surface area contributed by atoms with Gasteiger partial charge in [0, 0.05) is 25.4 Å². The molecular weight excluding hydrogens is 322 g/mol. The van der Waals surface area contributed by atoms with E-state index in [4.69, 9.17) is 4.74 Å². The van der Waals surface area contributed by atoms with Crippen LogP contribution in [0, 0.1) is 0 Å². The van der Waals surface area contributed by atoms with Gasteiger partial charge in [0.1, 0.15) is 5.56 Å². The van der Waals surface area contributed by atoms with Crippen LogP contribution >= 0.6 is 0 Å². The second kappa shape index (κ2) is 7.99. The van der Waals surface area contributed by atoms with Gasteiger partial charge in [-0.3, -0.25) is 14.2 Å². The number of nitrogens with zero attached hydrogens (tertiary/aromatic N) is 2. The summed E-state index contributed by atoms with van der Waals surface area (Å²) in [5.74, 6) is -0.281. The molecule has 1 aromatic heterocycles. The molecule has 1 N–H and O–H groups in total. The van der Waals surface area contributed by atoms with Gasteiger partial charge < -0.3 is 14.6 Å². The van der Waals surface area contributed by atoms with Gasteiger partial charge in [0.15, 0.2) is 0 Å². The van der Waals surface area contributed by atoms with Gasteiger partial charge in [0.2, 0.25) is 0 Å². The van der Waals surface area contributed by atoms with E-state index in [-0.39, 0.29) is 30.2 Å². The van der Waals surface area contributed by atoms with E-state index in [2.05, 4.69) is 4.98 Å². The number of amides is 1. The summed E-state index contributed by atoms with van der Waals surface area (Å²) in [6.07, 6.45) is 8.28. The molecule has 0 aromatic carbocycles. The van der Waals surface area contributed by atoms with Crippen molar-refractivity contribution in [1.29, 1.82) is 0 Å². The largest absolute Gasteiger partial charge is 0.376 e. The number of hydrogen-bond acceptors (Lipinski definition) is 4. The summed E-state index contributed by atoms with van der Waals surface area (Å²) in [6, 6.07) is 0.184. The molecule has 1 atom stereocenters. The Morgan fingerprint density at radius 3 is 2.64 bits per heavy atom. The molecule has 1 saturated carbocycles. The molecule has 1 aliphatic carbocycles. The van der Waals surface area contributed by atoms with Crippen molar-refractivity contribution in [3.63, 3.8) is 0 Å². The molecule has 2 fully saturated rings. The summed E-state index contributed by atoms with van der Waals surface area (Å²) < 4.78 is 6.63. The molecule has 1 aromatic rings. The lowest BCUT2D eigenvalue weighted by atomic mass is 9.94. The van der Waals surface area contributed by atoms with E-state index in [9.17, 15) is 14.4 Å². The number of carbonyl (C=O) groups excluding carboxylic acids is 1. The predicted octanol–water partition coefficient (Wildman–Crippen LogP) is 1.51. The van der Waals surface area contributed by atoms with Crippen molar-refractivity contribution < 1.29 is 9.53 Å². The van der Waals surface area contributed by atoms with Crippen LogP contribution in [0.4, 0.5) is 0 Å². The van der Waals surface area contributed by atoms with Crippen LogP contribution in [-0.2, 0) is 11.3 Å². The van der Waals surface area contributed by atoms with Gasteiger partial charge in [-0.2, -0.15) is 0 Å². The zero-order valence-electron chi connectivity index (χ0n) is 14.8. The van der Waals surface area contributed by atoms with Crippen molar-refractivity contribution >= 4 is 5.91 Å². The minimum Gasteiger partial charge on any atom is -0.376 e. The summed E-state index contributed by atoms with van der Waals surface area (Å²) in [5, 5.41) is 0. The second-order valence-corrected chi connectivity index (χ2v) is 6.94. The van der Waals surface area contributed by atoms with Gasteiger partial charge in [0.25, 0.3) is 11.5 Å². The molecule has 1 amide bonds. The lowest BCUT2D eigenvalue weighted by Gasteiger charge is -2.33. The van der Waals surface area contributed by atoms with Crippen molar-refractivity contribution in [3.8, 4) is 0 Å². The van der Waals surface area contributed by atoms with Gasteiger partial charge >= 0.3 is 5.69 Å². The minimum atomic E-state index is -0.515. The number of ether oxygens (including phenoxy) is 1. The number of rotatable bonds is 5. The Bertz CT molecular complexity index is 712. The standard InChI is InChI=1S/C18H27N3O4/c1-2-20(13-7-4-3-5-8-13)16(22)15-11-19-18(24)21(17(15)23)12-14-9-6-10-25-14/h11,13-14H,2-10,12H2,1H3,(H,19,24). The van der Waals surface area contributed by atoms with Gasteiger partial charge in [-0.15, -0.1) is 0 Å². The summed E-state index contributed by atoms with van der Waals surface area (Å²) >= 11 is 0. The smallest absolute Gasteiger partial charge is 0.328 e. The van der Waals surface area contributed by atoms with E-state index >= 15 is 0 Å². The molecular formula is C18H27N3O4. The highest BCUT2D eigenvalue weighted by molar-refractivity contribution is 5.93. The molecule has 0 bridgehead atoms. The van der Waals surface area contributed by atoms with Crippen LogP contribution in [0.15, 0.2) is 15.8 Å². The maximum absolute atomic E-state index is 13.0. The highest BCUT2D eigenvalue weighted by Crippen LogP contribution is 2.23. The zero-order valence-corrected chi connectivity index (χ0v) is 14.8. The van der Waals surface area contributed by atoms with E-state index in [0.29, 0.717) is 13.2 Å². The SMILES string of the molecule is CCN(C(=O)c1c[nH]c(=O)n(CC2CCCO2)c1=O)C1CCCCC1. The van der Waals surface area contributed by atoms with Crippen molar-refractivity contribution in [1.82, 2.24) is 14.5 Å². The molecule has 1 unspecified atom stereocenters. The Morgan fingerprint density at radius 1 is 1.24 bits per heavy atom. The monoisotopic (exact) mass is 349 g/mol. The van der Waals surface area contributed by atoms with Crippen LogP contribution in [0.5, 0.6) is 0 Å². The topological polar surface area (TPSA) is 84.4 Å². The quantitative estimate of drug-likeness (QED) is 0.873. The highest BCUT2D eigenvalue weighted by atomic mass is 16.5. The summed E-state index contributed by atoms with van der Waals surface area (Å²) in [6.45, 7) is 3.35. The Kier molecular flexibility index (Phi) is 5.73. The van der Waals surface area contributed by atoms with Crippen LogP contribution in [0.25, 0.3) is 0 Å². The van der Waals surface area contributed by atoms with Crippen molar-refractivity contribution in [2.24, 2.45) is 0 Å². The average Bonchev–Trinajstić information content (AvgIpc) is 3.13. The van der Waals surface area contributed by atoms with E-state index in [1.165, 1.54) is 12.6 Å². The fraction of sp³-hybridized carbons (Fsp3) is 0.722. The number of aromatic nitrogens is 2. The fourth-order valence-corrected chi connectivity index (χ4v) is 3.94. The molecule has 1 aliphatic heterocycles. The predicted molar refractivity (Wildman–Crippen MR) is 93.9 cm³/mol. The molecule has 0 radical (unpaired) electrons. The van der Waals surface area contributed by atoms with Crippen LogP contribution in [0.2, 0.25) is 0 Å². The third-order valence-electron chi connectivity index (χ3n) is 5.32. The van der Waals surface area contributed by atoms with Gasteiger partial charge in [-0.25, -0.2) is 4.79 Å². The Labute approximate surface area is 147 Å². The first-order valence-electron chi connectivity index (χ1n) is 9.37. The number of aromatic amines is 1. The molecule has 3 rings (SSSR count). The highest BCUT2D eigenvalue weighted by Gasteiger charge is 2.28. The van der Waals surface area contributed by atoms with Crippen molar-refractivity contribution in [2.45, 2.75) is 70.6 Å². The number of hydrogen-bond donors (Lipinski definition) is 1. The summed E-state index contributed by atoms with van der Waals surface area (Å²) in [7, 11) is 0. The number of nitrogens with one attached hydrogen (secondary N) is 1. The lowest BCUT2D eigenvalue weighted by molar-refractivity contribution is 0.0642. The summed E-state index contributed by atoms with van der Waals surface area (Å²) in [4.78, 5) is 42.1. The minimum absolute atomic E-state index is 0.0463. The van der Waals surface area contributed by atoms with Gasteiger partial charge in [0.05, 0.1) is 12.6 Å². The maximum Gasteiger partial charge on any atom is 0.328 e. The third-order valence-corrected chi connectivity index (χ3v) is 5.32. The first-order valence-corrected chi connectivity index (χ1v) is 9.37. The molecule has 2 aliphatic rings. The number of H-pyrrole nitrogens is 1. The molecule has 1 saturated heterocycles.